The Morgan fingerprint density at radius 1 is 0.140 bits per heavy atom. The fourth-order valence-corrected chi connectivity index (χ4v) is 0. The fraction of sp³-hybridized carbons (Fsp3) is 0.907. The maximum absolute atomic E-state index is 2.12. The highest BCUT2D eigenvalue weighted by Crippen LogP contribution is 1.97. The van der Waals surface area contributed by atoms with Crippen LogP contribution in [-0.4, -0.2) is 0 Å². The lowest BCUT2D eigenvalue weighted by atomic mass is 10.2. The van der Waals surface area contributed by atoms with Gasteiger partial charge in [-0.05, 0) is 55.4 Å². The number of hydrogen-bond acceptors (Lipinski definition) is 0. The quantitative estimate of drug-likeness (QED) is 0.228. The van der Waals surface area contributed by atoms with Crippen LogP contribution in [0, 0.1) is 0 Å². The van der Waals surface area contributed by atoms with Gasteiger partial charge in [-0.1, -0.05) is 248 Å². The molecule has 0 heteroatoms. The average Bonchev–Trinajstić information content (AvgIpc) is 2.48. The van der Waals surface area contributed by atoms with Crippen molar-refractivity contribution in [1.82, 2.24) is 0 Å². The van der Waals surface area contributed by atoms with Crippen LogP contribution < -0.4 is 0 Å². The van der Waals surface area contributed by atoms with Crippen molar-refractivity contribution in [2.24, 2.45) is 0 Å². The van der Waals surface area contributed by atoms with E-state index in [-0.39, 0.29) is 171 Å². The summed E-state index contributed by atoms with van der Waals surface area (Å²) in [6, 6.07) is 0. The van der Waals surface area contributed by atoms with Crippen molar-refractivity contribution in [3.05, 3.63) is 22.3 Å². The molecule has 0 aliphatic carbocycles. The Hall–Kier alpha value is -0.520. The highest BCUT2D eigenvalue weighted by molar-refractivity contribution is 5.02. The highest BCUT2D eigenvalue weighted by atomic mass is 13.8. The second-order valence-corrected chi connectivity index (χ2v) is 4.00. The summed E-state index contributed by atoms with van der Waals surface area (Å²) < 4.78 is 0. The van der Waals surface area contributed by atoms with Gasteiger partial charge >= 0.3 is 0 Å². The van der Waals surface area contributed by atoms with Crippen molar-refractivity contribution >= 4 is 0 Å². The molecule has 0 saturated heterocycles. The standard InChI is InChI=1S/2C6H12.4C2H6.23CH4/c2*1-5(2)6(3)4;4*1-2;;;;;;;;;;;;;;;;;;;;;;;/h2*1-4H3;4*1-2H3;23*1H4. The first kappa shape index (κ1) is 402. The first-order valence-electron chi connectivity index (χ1n) is 8.50. The van der Waals surface area contributed by atoms with E-state index in [1.54, 1.807) is 0 Å². The summed E-state index contributed by atoms with van der Waals surface area (Å²) >= 11 is 0. The van der Waals surface area contributed by atoms with Gasteiger partial charge in [-0.3, -0.25) is 0 Å². The Morgan fingerprint density at radius 2 is 0.163 bits per heavy atom. The zero-order valence-electron chi connectivity index (χ0n) is 18.0. The Kier molecular flexibility index (Phi) is 4820. The van der Waals surface area contributed by atoms with Crippen LogP contribution in [0.25, 0.3) is 0 Å². The van der Waals surface area contributed by atoms with E-state index in [0.29, 0.717) is 0 Å². The zero-order valence-corrected chi connectivity index (χ0v) is 18.0. The van der Waals surface area contributed by atoms with Crippen LogP contribution in [0.4, 0.5) is 0 Å². The van der Waals surface area contributed by atoms with Gasteiger partial charge < -0.3 is 0 Å². The van der Waals surface area contributed by atoms with Crippen molar-refractivity contribution < 1.29 is 0 Å². The molecule has 0 radical (unpaired) electrons. The molecule has 0 aromatic carbocycles. The Labute approximate surface area is 303 Å². The number of hydrogen-bond donors (Lipinski definition) is 0. The number of allylic oxidation sites excluding steroid dienone is 4. The fourth-order valence-electron chi connectivity index (χ4n) is 0. The topological polar surface area (TPSA) is 0 Å². The molecule has 0 saturated carbocycles. The molecule has 43 heavy (non-hydrogen) atoms. The molecule has 0 spiro atoms. The highest BCUT2D eigenvalue weighted by Gasteiger charge is 1.75. The SMILES string of the molecule is C.C.C.C.C.C.C.C.C.C.C.C.C.C.C.C.C.C.C.C.C.C.C.CC.CC.CC.CC.CC(C)=C(C)C.CC(C)=C(C)C. The van der Waals surface area contributed by atoms with Crippen LogP contribution in [-0.2, 0) is 0 Å². The second-order valence-electron chi connectivity index (χ2n) is 4.00. The van der Waals surface area contributed by atoms with Crippen molar-refractivity contribution in [3.8, 4) is 0 Å². The molecular formula is C43H140. The van der Waals surface area contributed by atoms with Gasteiger partial charge in [-0.15, -0.1) is 0 Å². The van der Waals surface area contributed by atoms with Crippen LogP contribution in [0.1, 0.15) is 282 Å². The molecule has 0 fully saturated rings. The normalized spacial score (nSPS) is 2.79. The minimum absolute atomic E-state index is 0. The first-order valence-corrected chi connectivity index (χ1v) is 8.50. The Balaban J connectivity index is -0.00000000191. The van der Waals surface area contributed by atoms with Crippen LogP contribution >= 0.6 is 0 Å². The summed E-state index contributed by atoms with van der Waals surface area (Å²) in [6.45, 7) is 33.0. The minimum Gasteiger partial charge on any atom is -0.0778 e. The molecule has 0 unspecified atom stereocenters. The van der Waals surface area contributed by atoms with Gasteiger partial charge in [0.2, 0.25) is 0 Å². The lowest BCUT2D eigenvalue weighted by Crippen LogP contribution is -1.66. The second kappa shape index (κ2) is 516. The smallest absolute Gasteiger partial charge is 0.0440 e. The maximum Gasteiger partial charge on any atom is -0.0440 e. The number of rotatable bonds is 0. The van der Waals surface area contributed by atoms with Crippen LogP contribution in [0.15, 0.2) is 22.3 Å². The summed E-state index contributed by atoms with van der Waals surface area (Å²) in [5, 5.41) is 0. The van der Waals surface area contributed by atoms with E-state index in [2.05, 4.69) is 55.4 Å². The molecule has 0 heterocycles. The molecule has 0 N–H and O–H groups in total. The molecule has 0 amide bonds. The monoisotopic (exact) mass is 657 g/mol. The molecule has 0 rings (SSSR count). The van der Waals surface area contributed by atoms with Crippen molar-refractivity contribution in [3.63, 3.8) is 0 Å². The summed E-state index contributed by atoms with van der Waals surface area (Å²) in [6.07, 6.45) is 0. The molecule has 0 aromatic heterocycles. The molecule has 0 aromatic rings. The summed E-state index contributed by atoms with van der Waals surface area (Å²) in [5.74, 6) is 0. The Bertz CT molecular complexity index is 122. The molecule has 0 aliphatic rings. The van der Waals surface area contributed by atoms with Crippen molar-refractivity contribution in [1.29, 1.82) is 0 Å². The maximum atomic E-state index is 2.12. The molecule has 0 bridgehead atoms. The van der Waals surface area contributed by atoms with Crippen LogP contribution in [0.5, 0.6) is 0 Å². The third-order valence-electron chi connectivity index (χ3n) is 2.00. The lowest BCUT2D eigenvalue weighted by Gasteiger charge is -1.88. The molecule has 0 atom stereocenters. The predicted molar refractivity (Wildman–Crippen MR) is 260 cm³/mol. The lowest BCUT2D eigenvalue weighted by molar-refractivity contribution is 1.23. The minimum atomic E-state index is 0. The van der Waals surface area contributed by atoms with Gasteiger partial charge in [-0.2, -0.15) is 0 Å². The summed E-state index contributed by atoms with van der Waals surface area (Å²) in [4.78, 5) is 0. The molecule has 0 aliphatic heterocycles. The van der Waals surface area contributed by atoms with E-state index in [0.717, 1.165) is 0 Å². The van der Waals surface area contributed by atoms with Gasteiger partial charge in [-0.25, -0.2) is 0 Å². The first-order chi connectivity index (χ1) is 9.29. The van der Waals surface area contributed by atoms with Crippen LogP contribution in [0.3, 0.4) is 0 Å². The van der Waals surface area contributed by atoms with E-state index < -0.39 is 0 Å². The molecular weight excluding hydrogens is 516 g/mol. The third-order valence-corrected chi connectivity index (χ3v) is 2.00. The Morgan fingerprint density at radius 3 is 0.163 bits per heavy atom. The average molecular weight is 658 g/mol. The van der Waals surface area contributed by atoms with E-state index in [1.807, 2.05) is 55.4 Å². The molecule has 312 valence electrons. The van der Waals surface area contributed by atoms with Gasteiger partial charge in [0.25, 0.3) is 0 Å². The largest absolute Gasteiger partial charge is 0.0778 e. The van der Waals surface area contributed by atoms with E-state index in [4.69, 9.17) is 0 Å². The van der Waals surface area contributed by atoms with Crippen molar-refractivity contribution in [2.75, 3.05) is 0 Å². The van der Waals surface area contributed by atoms with Gasteiger partial charge in [0.05, 0.1) is 0 Å². The third kappa shape index (κ3) is 1160. The predicted octanol–water partition coefficient (Wildman–Crippen LogP) is 23.5. The summed E-state index contributed by atoms with van der Waals surface area (Å²) in [5.41, 5.74) is 5.70. The van der Waals surface area contributed by atoms with Gasteiger partial charge in [0, 0.05) is 0 Å². The van der Waals surface area contributed by atoms with Crippen LogP contribution in [0.2, 0.25) is 0 Å². The van der Waals surface area contributed by atoms with E-state index >= 15 is 0 Å². The molecule has 0 nitrogen and oxygen atoms in total. The zero-order chi connectivity index (χ0) is 18.3. The van der Waals surface area contributed by atoms with E-state index in [1.165, 1.54) is 22.3 Å². The van der Waals surface area contributed by atoms with Gasteiger partial charge in [0.15, 0.2) is 0 Å². The van der Waals surface area contributed by atoms with Gasteiger partial charge in [0.1, 0.15) is 0 Å². The summed E-state index contributed by atoms with van der Waals surface area (Å²) in [7, 11) is 0. The van der Waals surface area contributed by atoms with E-state index in [9.17, 15) is 0 Å². The van der Waals surface area contributed by atoms with Crippen molar-refractivity contribution in [2.45, 2.75) is 282 Å².